The molecule has 1 aliphatic heterocycles. The van der Waals surface area contributed by atoms with Crippen LogP contribution in [0.15, 0.2) is 53.4 Å². The molecule has 3 rings (SSSR count). The van der Waals surface area contributed by atoms with Gasteiger partial charge in [-0.05, 0) is 76.8 Å². The zero-order chi connectivity index (χ0) is 24.1. The Kier molecular flexibility index (Phi) is 8.02. The lowest BCUT2D eigenvalue weighted by molar-refractivity contribution is 0.0528. The van der Waals surface area contributed by atoms with Crippen molar-refractivity contribution in [3.8, 4) is 0 Å². The van der Waals surface area contributed by atoms with E-state index in [0.29, 0.717) is 24.5 Å². The number of alkyl carbamates (subject to hydrolysis) is 1. The van der Waals surface area contributed by atoms with Crippen LogP contribution in [0.3, 0.4) is 0 Å². The molecule has 2 aromatic carbocycles. The van der Waals surface area contributed by atoms with E-state index >= 15 is 0 Å². The zero-order valence-electron chi connectivity index (χ0n) is 19.9. The van der Waals surface area contributed by atoms with Crippen LogP contribution in [0.5, 0.6) is 0 Å². The molecule has 1 fully saturated rings. The smallest absolute Gasteiger partial charge is 0.407 e. The van der Waals surface area contributed by atoms with Crippen molar-refractivity contribution >= 4 is 21.8 Å². The molecule has 7 nitrogen and oxygen atoms in total. The number of nitrogens with zero attached hydrogens (tertiary/aromatic N) is 1. The molecule has 8 heteroatoms. The average Bonchev–Trinajstić information content (AvgIpc) is 2.74. The monoisotopic (exact) mass is 473 g/mol. The van der Waals surface area contributed by atoms with E-state index in [-0.39, 0.29) is 6.04 Å². The minimum atomic E-state index is -3.44. The van der Waals surface area contributed by atoms with Gasteiger partial charge in [-0.15, -0.1) is 0 Å². The number of hydrogen-bond donors (Lipinski definition) is 2. The van der Waals surface area contributed by atoms with Crippen molar-refractivity contribution in [2.45, 2.75) is 63.5 Å². The fraction of sp³-hybridized carbons (Fsp3) is 0.480. The van der Waals surface area contributed by atoms with Crippen molar-refractivity contribution in [3.63, 3.8) is 0 Å². The van der Waals surface area contributed by atoms with E-state index in [2.05, 4.69) is 10.6 Å². The minimum Gasteiger partial charge on any atom is -0.444 e. The number of hydrogen-bond acceptors (Lipinski definition) is 5. The van der Waals surface area contributed by atoms with Crippen LogP contribution in [-0.4, -0.2) is 50.1 Å². The fourth-order valence-corrected chi connectivity index (χ4v) is 5.20. The Hall–Kier alpha value is -2.58. The van der Waals surface area contributed by atoms with Gasteiger partial charge in [-0.25, -0.2) is 13.2 Å². The highest BCUT2D eigenvalue weighted by Gasteiger charge is 2.29. The Morgan fingerprint density at radius 1 is 1.03 bits per heavy atom. The molecule has 0 spiro atoms. The highest BCUT2D eigenvalue weighted by atomic mass is 32.2. The normalized spacial score (nSPS) is 15.8. The van der Waals surface area contributed by atoms with Gasteiger partial charge in [-0.3, -0.25) is 0 Å². The lowest BCUT2D eigenvalue weighted by atomic mass is 10.1. The summed E-state index contributed by atoms with van der Waals surface area (Å²) in [4.78, 5) is 12.1. The van der Waals surface area contributed by atoms with Gasteiger partial charge >= 0.3 is 6.09 Å². The predicted octanol–water partition coefficient (Wildman–Crippen LogP) is 4.33. The van der Waals surface area contributed by atoms with Crippen LogP contribution < -0.4 is 10.6 Å². The Labute approximate surface area is 197 Å². The highest BCUT2D eigenvalue weighted by Crippen LogP contribution is 2.23. The molecule has 2 aromatic rings. The van der Waals surface area contributed by atoms with E-state index in [4.69, 9.17) is 4.74 Å². The van der Waals surface area contributed by atoms with Crippen LogP contribution in [0, 0.1) is 6.92 Å². The first-order valence-corrected chi connectivity index (χ1v) is 12.9. The third kappa shape index (κ3) is 7.47. The fourth-order valence-electron chi connectivity index (χ4n) is 3.73. The van der Waals surface area contributed by atoms with E-state index in [1.54, 1.807) is 16.4 Å². The molecule has 0 bridgehead atoms. The largest absolute Gasteiger partial charge is 0.444 e. The minimum absolute atomic E-state index is 0.231. The van der Waals surface area contributed by atoms with Crippen LogP contribution in [-0.2, 0) is 21.2 Å². The number of anilines is 1. The van der Waals surface area contributed by atoms with Gasteiger partial charge in [0.15, 0.2) is 0 Å². The van der Waals surface area contributed by atoms with Crippen molar-refractivity contribution in [3.05, 3.63) is 59.7 Å². The number of nitrogens with one attached hydrogen (secondary N) is 2. The van der Waals surface area contributed by atoms with Crippen molar-refractivity contribution in [1.82, 2.24) is 9.62 Å². The molecule has 0 radical (unpaired) electrons. The number of sulfonamides is 1. The number of piperidine rings is 1. The summed E-state index contributed by atoms with van der Waals surface area (Å²) in [6, 6.07) is 15.4. The standard InChI is InChI=1S/C25H35N3O4S/c1-19-5-11-23(12-6-19)33(30,31)28-17-14-22(15-18-28)27-21-9-7-20(8-10-21)13-16-26-24(29)32-25(2,3)4/h5-12,22,27H,13-18H2,1-4H3,(H,26,29). The Morgan fingerprint density at radius 2 is 1.64 bits per heavy atom. The van der Waals surface area contributed by atoms with Crippen LogP contribution in [0.2, 0.25) is 0 Å². The number of carbonyl (C=O) groups excluding carboxylic acids is 1. The summed E-state index contributed by atoms with van der Waals surface area (Å²) in [5.74, 6) is 0. The van der Waals surface area contributed by atoms with Crippen LogP contribution in [0.1, 0.15) is 44.7 Å². The molecule has 180 valence electrons. The molecule has 0 unspecified atom stereocenters. The molecule has 33 heavy (non-hydrogen) atoms. The second-order valence-electron chi connectivity index (χ2n) is 9.51. The van der Waals surface area contributed by atoms with E-state index in [9.17, 15) is 13.2 Å². The summed E-state index contributed by atoms with van der Waals surface area (Å²) < 4.78 is 32.6. The quantitative estimate of drug-likeness (QED) is 0.625. The summed E-state index contributed by atoms with van der Waals surface area (Å²) in [5, 5.41) is 6.28. The topological polar surface area (TPSA) is 87.7 Å². The van der Waals surface area contributed by atoms with E-state index < -0.39 is 21.7 Å². The Bertz CT molecular complexity index is 1020. The van der Waals surface area contributed by atoms with E-state index in [0.717, 1.165) is 36.1 Å². The Morgan fingerprint density at radius 3 is 2.21 bits per heavy atom. The first-order valence-electron chi connectivity index (χ1n) is 11.4. The molecule has 1 aliphatic rings. The first kappa shape index (κ1) is 25.1. The van der Waals surface area contributed by atoms with Crippen LogP contribution in [0.4, 0.5) is 10.5 Å². The maximum atomic E-state index is 12.9. The molecule has 0 saturated carbocycles. The number of aryl methyl sites for hydroxylation is 1. The second-order valence-corrected chi connectivity index (χ2v) is 11.4. The molecule has 1 saturated heterocycles. The molecular weight excluding hydrogens is 438 g/mol. The van der Waals surface area contributed by atoms with Gasteiger partial charge in [0.2, 0.25) is 10.0 Å². The van der Waals surface area contributed by atoms with Crippen molar-refractivity contribution < 1.29 is 17.9 Å². The Balaban J connectivity index is 1.44. The molecule has 0 atom stereocenters. The summed E-state index contributed by atoms with van der Waals surface area (Å²) in [6.07, 6.45) is 1.82. The average molecular weight is 474 g/mol. The summed E-state index contributed by atoms with van der Waals surface area (Å²) in [6.45, 7) is 8.97. The van der Waals surface area contributed by atoms with Gasteiger partial charge in [-0.1, -0.05) is 29.8 Å². The lowest BCUT2D eigenvalue weighted by Crippen LogP contribution is -2.42. The molecular formula is C25H35N3O4S. The van der Waals surface area contributed by atoms with Crippen molar-refractivity contribution in [2.75, 3.05) is 25.0 Å². The summed E-state index contributed by atoms with van der Waals surface area (Å²) in [5.41, 5.74) is 2.68. The lowest BCUT2D eigenvalue weighted by Gasteiger charge is -2.32. The highest BCUT2D eigenvalue weighted by molar-refractivity contribution is 7.89. The summed E-state index contributed by atoms with van der Waals surface area (Å²) >= 11 is 0. The van der Waals surface area contributed by atoms with Gasteiger partial charge < -0.3 is 15.4 Å². The van der Waals surface area contributed by atoms with Crippen LogP contribution >= 0.6 is 0 Å². The SMILES string of the molecule is Cc1ccc(S(=O)(=O)N2CCC(Nc3ccc(CCNC(=O)OC(C)(C)C)cc3)CC2)cc1. The zero-order valence-corrected chi connectivity index (χ0v) is 20.7. The number of ether oxygens (including phenoxy) is 1. The van der Waals surface area contributed by atoms with E-state index in [1.165, 1.54) is 0 Å². The van der Waals surface area contributed by atoms with Crippen LogP contribution in [0.25, 0.3) is 0 Å². The van der Waals surface area contributed by atoms with Gasteiger partial charge in [0, 0.05) is 31.4 Å². The van der Waals surface area contributed by atoms with Gasteiger partial charge in [0.05, 0.1) is 4.90 Å². The number of rotatable bonds is 7. The van der Waals surface area contributed by atoms with Gasteiger partial charge in [0.25, 0.3) is 0 Å². The summed E-state index contributed by atoms with van der Waals surface area (Å²) in [7, 11) is -3.44. The second kappa shape index (κ2) is 10.6. The molecule has 1 amide bonds. The van der Waals surface area contributed by atoms with Gasteiger partial charge in [-0.2, -0.15) is 4.31 Å². The maximum absolute atomic E-state index is 12.9. The van der Waals surface area contributed by atoms with Gasteiger partial charge in [0.1, 0.15) is 5.60 Å². The molecule has 0 aromatic heterocycles. The number of amides is 1. The molecule has 0 aliphatic carbocycles. The predicted molar refractivity (Wildman–Crippen MR) is 131 cm³/mol. The third-order valence-corrected chi connectivity index (χ3v) is 7.43. The number of carbonyl (C=O) groups is 1. The molecule has 2 N–H and O–H groups in total. The first-order chi connectivity index (χ1) is 15.5. The van der Waals surface area contributed by atoms with Crippen molar-refractivity contribution in [2.24, 2.45) is 0 Å². The van der Waals surface area contributed by atoms with E-state index in [1.807, 2.05) is 64.1 Å². The number of benzene rings is 2. The van der Waals surface area contributed by atoms with Crippen molar-refractivity contribution in [1.29, 1.82) is 0 Å². The maximum Gasteiger partial charge on any atom is 0.407 e. The third-order valence-electron chi connectivity index (χ3n) is 5.52. The molecule has 1 heterocycles.